The van der Waals surface area contributed by atoms with E-state index in [1.165, 1.54) is 0 Å². The molecule has 7 nitrogen and oxygen atoms in total. The minimum absolute atomic E-state index is 0.0806. The number of aromatic nitrogens is 4. The second kappa shape index (κ2) is 6.44. The van der Waals surface area contributed by atoms with E-state index in [2.05, 4.69) is 15.0 Å². The number of nitrogens with one attached hydrogen (secondary N) is 1. The number of likely N-dealkylation sites (tertiary alicyclic amines) is 1. The molecule has 1 atom stereocenters. The molecule has 1 aliphatic heterocycles. The third-order valence-electron chi connectivity index (χ3n) is 4.55. The molecule has 0 spiro atoms. The van der Waals surface area contributed by atoms with Gasteiger partial charge in [0.25, 0.3) is 5.56 Å². The molecule has 25 heavy (non-hydrogen) atoms. The van der Waals surface area contributed by atoms with Gasteiger partial charge in [0.1, 0.15) is 5.82 Å². The van der Waals surface area contributed by atoms with Gasteiger partial charge in [0.05, 0.1) is 17.8 Å². The van der Waals surface area contributed by atoms with Crippen LogP contribution in [0, 0.1) is 6.92 Å². The Morgan fingerprint density at radius 2 is 2.32 bits per heavy atom. The van der Waals surface area contributed by atoms with Crippen molar-refractivity contribution in [3.63, 3.8) is 0 Å². The summed E-state index contributed by atoms with van der Waals surface area (Å²) < 4.78 is 1.94. The highest BCUT2D eigenvalue weighted by Crippen LogP contribution is 2.25. The van der Waals surface area contributed by atoms with E-state index in [1.54, 1.807) is 24.3 Å². The van der Waals surface area contributed by atoms with Crippen LogP contribution in [-0.4, -0.2) is 43.2 Å². The molecular weight excluding hydrogens is 338 g/mol. The van der Waals surface area contributed by atoms with E-state index >= 15 is 0 Å². The quantitative estimate of drug-likeness (QED) is 0.774. The summed E-state index contributed by atoms with van der Waals surface area (Å²) in [5, 5.41) is 1.97. The van der Waals surface area contributed by atoms with Crippen molar-refractivity contribution in [2.45, 2.75) is 32.1 Å². The maximum absolute atomic E-state index is 12.7. The highest BCUT2D eigenvalue weighted by Gasteiger charge is 2.26. The molecule has 0 radical (unpaired) electrons. The van der Waals surface area contributed by atoms with Gasteiger partial charge < -0.3 is 9.88 Å². The van der Waals surface area contributed by atoms with Crippen molar-refractivity contribution in [2.75, 3.05) is 13.1 Å². The average molecular weight is 357 g/mol. The van der Waals surface area contributed by atoms with Crippen molar-refractivity contribution < 1.29 is 4.79 Å². The first-order valence-electron chi connectivity index (χ1n) is 8.35. The Labute approximate surface area is 148 Å². The molecule has 1 saturated heterocycles. The molecular formula is C17H19N5O2S. The monoisotopic (exact) mass is 357 g/mol. The van der Waals surface area contributed by atoms with Gasteiger partial charge >= 0.3 is 0 Å². The number of thiazole rings is 1. The zero-order chi connectivity index (χ0) is 17.4. The predicted molar refractivity (Wildman–Crippen MR) is 94.9 cm³/mol. The third kappa shape index (κ3) is 3.34. The zero-order valence-electron chi connectivity index (χ0n) is 13.9. The van der Waals surface area contributed by atoms with Gasteiger partial charge in [-0.15, -0.1) is 11.3 Å². The number of fused-ring (bicyclic) bond motifs is 1. The third-order valence-corrected chi connectivity index (χ3v) is 5.32. The SMILES string of the molecule is Cc1nc([C@H]2CCCN(C(=O)Cc3cn4ccsc4n3)C2)cc(=O)[nH]1. The van der Waals surface area contributed by atoms with Crippen LogP contribution >= 0.6 is 11.3 Å². The minimum atomic E-state index is -0.135. The molecule has 4 heterocycles. The Hall–Kier alpha value is -2.48. The average Bonchev–Trinajstić information content (AvgIpc) is 3.15. The lowest BCUT2D eigenvalue weighted by Crippen LogP contribution is -2.40. The van der Waals surface area contributed by atoms with E-state index in [9.17, 15) is 9.59 Å². The largest absolute Gasteiger partial charge is 0.342 e. The second-order valence-corrected chi connectivity index (χ2v) is 7.31. The lowest BCUT2D eigenvalue weighted by molar-refractivity contribution is -0.131. The van der Waals surface area contributed by atoms with Gasteiger partial charge in [0.2, 0.25) is 5.91 Å². The molecule has 0 saturated carbocycles. The summed E-state index contributed by atoms with van der Waals surface area (Å²) in [5.74, 6) is 0.810. The molecule has 1 amide bonds. The number of carbonyl (C=O) groups is 1. The number of amides is 1. The number of aromatic amines is 1. The smallest absolute Gasteiger partial charge is 0.251 e. The van der Waals surface area contributed by atoms with Crippen LogP contribution in [0.3, 0.4) is 0 Å². The molecule has 1 fully saturated rings. The number of H-pyrrole nitrogens is 1. The molecule has 3 aromatic rings. The summed E-state index contributed by atoms with van der Waals surface area (Å²) >= 11 is 1.56. The molecule has 8 heteroatoms. The van der Waals surface area contributed by atoms with Crippen molar-refractivity contribution in [3.05, 3.63) is 51.4 Å². The van der Waals surface area contributed by atoms with E-state index < -0.39 is 0 Å². The molecule has 3 aromatic heterocycles. The first kappa shape index (κ1) is 16.0. The fourth-order valence-electron chi connectivity index (χ4n) is 3.38. The van der Waals surface area contributed by atoms with E-state index in [4.69, 9.17) is 0 Å². The summed E-state index contributed by atoms with van der Waals surface area (Å²) in [7, 11) is 0. The lowest BCUT2D eigenvalue weighted by Gasteiger charge is -2.32. The minimum Gasteiger partial charge on any atom is -0.342 e. The maximum Gasteiger partial charge on any atom is 0.251 e. The van der Waals surface area contributed by atoms with E-state index in [1.807, 2.05) is 27.1 Å². The van der Waals surface area contributed by atoms with Crippen molar-refractivity contribution in [2.24, 2.45) is 0 Å². The number of aryl methyl sites for hydroxylation is 1. The number of hydrogen-bond acceptors (Lipinski definition) is 5. The van der Waals surface area contributed by atoms with E-state index in [0.717, 1.165) is 35.7 Å². The topological polar surface area (TPSA) is 83.4 Å². The van der Waals surface area contributed by atoms with E-state index in [-0.39, 0.29) is 17.4 Å². The fourth-order valence-corrected chi connectivity index (χ4v) is 4.10. The summed E-state index contributed by atoms with van der Waals surface area (Å²) in [4.78, 5) is 38.7. The summed E-state index contributed by atoms with van der Waals surface area (Å²) in [6.07, 6.45) is 6.02. The van der Waals surface area contributed by atoms with Gasteiger partial charge in [0.15, 0.2) is 4.96 Å². The van der Waals surface area contributed by atoms with Crippen LogP contribution in [0.25, 0.3) is 4.96 Å². The molecule has 4 rings (SSSR count). The normalized spacial score (nSPS) is 18.0. The molecule has 0 aliphatic carbocycles. The number of nitrogens with zero attached hydrogens (tertiary/aromatic N) is 4. The van der Waals surface area contributed by atoms with Crippen molar-refractivity contribution in [3.8, 4) is 0 Å². The van der Waals surface area contributed by atoms with Crippen LogP contribution in [-0.2, 0) is 11.2 Å². The van der Waals surface area contributed by atoms with E-state index in [0.29, 0.717) is 18.8 Å². The summed E-state index contributed by atoms with van der Waals surface area (Å²) in [6, 6.07) is 1.55. The Bertz CT molecular complexity index is 944. The van der Waals surface area contributed by atoms with Gasteiger partial charge in [-0.05, 0) is 19.8 Å². The van der Waals surface area contributed by atoms with Crippen LogP contribution in [0.2, 0.25) is 0 Å². The van der Waals surface area contributed by atoms with Crippen LogP contribution in [0.4, 0.5) is 0 Å². The van der Waals surface area contributed by atoms with Gasteiger partial charge in [-0.25, -0.2) is 9.97 Å². The lowest BCUT2D eigenvalue weighted by atomic mass is 9.94. The Kier molecular flexibility index (Phi) is 4.12. The molecule has 1 N–H and O–H groups in total. The van der Waals surface area contributed by atoms with Crippen molar-refractivity contribution >= 4 is 22.2 Å². The number of hydrogen-bond donors (Lipinski definition) is 1. The van der Waals surface area contributed by atoms with Crippen molar-refractivity contribution in [1.29, 1.82) is 0 Å². The zero-order valence-corrected chi connectivity index (χ0v) is 14.8. The Morgan fingerprint density at radius 3 is 3.12 bits per heavy atom. The molecule has 1 aliphatic rings. The van der Waals surface area contributed by atoms with Crippen molar-refractivity contribution in [1.82, 2.24) is 24.3 Å². The van der Waals surface area contributed by atoms with Gasteiger partial charge in [-0.3, -0.25) is 14.0 Å². The van der Waals surface area contributed by atoms with Crippen LogP contribution in [0.15, 0.2) is 28.6 Å². The molecule has 130 valence electrons. The van der Waals surface area contributed by atoms with Crippen LogP contribution in [0.1, 0.15) is 36.0 Å². The van der Waals surface area contributed by atoms with Gasteiger partial charge in [0, 0.05) is 42.8 Å². The fraction of sp³-hybridized carbons (Fsp3) is 0.412. The van der Waals surface area contributed by atoms with Crippen LogP contribution in [0.5, 0.6) is 0 Å². The maximum atomic E-state index is 12.7. The van der Waals surface area contributed by atoms with Gasteiger partial charge in [-0.1, -0.05) is 0 Å². The highest BCUT2D eigenvalue weighted by atomic mass is 32.1. The molecule has 0 bridgehead atoms. The number of imidazole rings is 1. The second-order valence-electron chi connectivity index (χ2n) is 6.44. The van der Waals surface area contributed by atoms with Crippen LogP contribution < -0.4 is 5.56 Å². The number of piperidine rings is 1. The Balaban J connectivity index is 1.47. The first-order chi connectivity index (χ1) is 12.1. The standard InChI is InChI=1S/C17H19N5O2S/c1-11-18-14(8-15(23)19-11)12-3-2-4-21(9-12)16(24)7-13-10-22-5-6-25-17(22)20-13/h5-6,8,10,12H,2-4,7,9H2,1H3,(H,18,19,23)/t12-/m0/s1. The first-order valence-corrected chi connectivity index (χ1v) is 9.23. The number of rotatable bonds is 3. The summed E-state index contributed by atoms with van der Waals surface area (Å²) in [5.41, 5.74) is 1.44. The highest BCUT2D eigenvalue weighted by molar-refractivity contribution is 7.15. The molecule has 0 unspecified atom stereocenters. The predicted octanol–water partition coefficient (Wildman–Crippen LogP) is 1.74. The number of carbonyl (C=O) groups excluding carboxylic acids is 1. The summed E-state index contributed by atoms with van der Waals surface area (Å²) in [6.45, 7) is 3.14. The Morgan fingerprint density at radius 1 is 1.44 bits per heavy atom. The molecule has 0 aromatic carbocycles. The van der Waals surface area contributed by atoms with Gasteiger partial charge in [-0.2, -0.15) is 0 Å².